The second kappa shape index (κ2) is 4.21. The fourth-order valence-corrected chi connectivity index (χ4v) is 1.08. The Labute approximate surface area is 78.8 Å². The molecule has 0 aromatic carbocycles. The van der Waals surface area contributed by atoms with Crippen molar-refractivity contribution in [2.24, 2.45) is 5.92 Å². The maximum atomic E-state index is 11.4. The van der Waals surface area contributed by atoms with Gasteiger partial charge in [-0.3, -0.25) is 9.48 Å². The van der Waals surface area contributed by atoms with E-state index in [0.717, 1.165) is 12.1 Å². The van der Waals surface area contributed by atoms with Gasteiger partial charge in [-0.05, 0) is 12.5 Å². The molecule has 0 atom stereocenters. The summed E-state index contributed by atoms with van der Waals surface area (Å²) < 4.78 is 1.84. The van der Waals surface area contributed by atoms with Crippen LogP contribution in [0.3, 0.4) is 0 Å². The lowest BCUT2D eigenvalue weighted by Crippen LogP contribution is -2.09. The minimum atomic E-state index is 0.116. The minimum absolute atomic E-state index is 0.116. The number of hydrogen-bond donors (Lipinski definition) is 0. The van der Waals surface area contributed by atoms with E-state index in [1.54, 1.807) is 6.20 Å². The number of hydrogen-bond acceptors (Lipinski definition) is 2. The Morgan fingerprint density at radius 3 is 2.77 bits per heavy atom. The summed E-state index contributed by atoms with van der Waals surface area (Å²) >= 11 is 0. The maximum Gasteiger partial charge on any atom is 0.139 e. The summed E-state index contributed by atoms with van der Waals surface area (Å²) in [6.45, 7) is 6.73. The van der Waals surface area contributed by atoms with Crippen molar-refractivity contribution in [2.75, 3.05) is 0 Å². The summed E-state index contributed by atoms with van der Waals surface area (Å²) in [5, 5.41) is 4.11. The van der Waals surface area contributed by atoms with Crippen LogP contribution in [0.4, 0.5) is 0 Å². The summed E-state index contributed by atoms with van der Waals surface area (Å²) in [5.41, 5.74) is 1.01. The van der Waals surface area contributed by atoms with Gasteiger partial charge in [0.05, 0.1) is 6.20 Å². The normalized spacial score (nSPS) is 10.8. The standard InChI is InChI=1S/C10H16N2O/c1-4-12-7-9(6-11-12)5-10(13)8(2)3/h6-8H,4-5H2,1-3H3. The molecule has 0 N–H and O–H groups in total. The van der Waals surface area contributed by atoms with Gasteiger partial charge in [0.15, 0.2) is 0 Å². The van der Waals surface area contributed by atoms with Crippen molar-refractivity contribution in [3.05, 3.63) is 18.0 Å². The lowest BCUT2D eigenvalue weighted by atomic mass is 10.0. The first-order valence-electron chi connectivity index (χ1n) is 4.67. The fraction of sp³-hybridized carbons (Fsp3) is 0.600. The summed E-state index contributed by atoms with van der Waals surface area (Å²) in [7, 11) is 0. The smallest absolute Gasteiger partial charge is 0.139 e. The van der Waals surface area contributed by atoms with Gasteiger partial charge in [0.25, 0.3) is 0 Å². The van der Waals surface area contributed by atoms with Gasteiger partial charge in [-0.1, -0.05) is 13.8 Å². The molecule has 0 saturated carbocycles. The number of nitrogens with zero attached hydrogens (tertiary/aromatic N) is 2. The number of rotatable bonds is 4. The molecular formula is C10H16N2O. The van der Waals surface area contributed by atoms with Crippen LogP contribution in [0.15, 0.2) is 12.4 Å². The SMILES string of the molecule is CCn1cc(CC(=O)C(C)C)cn1. The van der Waals surface area contributed by atoms with Crippen LogP contribution in [0.1, 0.15) is 26.3 Å². The van der Waals surface area contributed by atoms with Crippen molar-refractivity contribution in [2.45, 2.75) is 33.7 Å². The summed E-state index contributed by atoms with van der Waals surface area (Å²) in [4.78, 5) is 11.4. The van der Waals surface area contributed by atoms with E-state index < -0.39 is 0 Å². The van der Waals surface area contributed by atoms with E-state index in [4.69, 9.17) is 0 Å². The molecule has 0 fully saturated rings. The minimum Gasteiger partial charge on any atom is -0.299 e. The lowest BCUT2D eigenvalue weighted by molar-refractivity contribution is -0.121. The van der Waals surface area contributed by atoms with Crippen LogP contribution in [-0.2, 0) is 17.8 Å². The largest absolute Gasteiger partial charge is 0.299 e. The van der Waals surface area contributed by atoms with Gasteiger partial charge in [-0.15, -0.1) is 0 Å². The zero-order valence-corrected chi connectivity index (χ0v) is 8.45. The molecule has 0 saturated heterocycles. The molecule has 1 aromatic heterocycles. The van der Waals surface area contributed by atoms with Gasteiger partial charge in [0.1, 0.15) is 5.78 Å². The van der Waals surface area contributed by atoms with Gasteiger partial charge >= 0.3 is 0 Å². The zero-order valence-electron chi connectivity index (χ0n) is 8.45. The molecule has 1 heterocycles. The van der Waals surface area contributed by atoms with E-state index >= 15 is 0 Å². The Kier molecular flexibility index (Phi) is 3.23. The molecule has 0 amide bonds. The molecule has 1 rings (SSSR count). The number of carbonyl (C=O) groups excluding carboxylic acids is 1. The first kappa shape index (κ1) is 9.96. The van der Waals surface area contributed by atoms with Crippen molar-refractivity contribution in [1.82, 2.24) is 9.78 Å². The van der Waals surface area contributed by atoms with Crippen molar-refractivity contribution in [1.29, 1.82) is 0 Å². The van der Waals surface area contributed by atoms with E-state index in [1.807, 2.05) is 31.6 Å². The second-order valence-corrected chi connectivity index (χ2v) is 3.50. The number of aryl methyl sites for hydroxylation is 1. The number of Topliss-reactive ketones (excluding diaryl/α,β-unsaturated/α-hetero) is 1. The first-order valence-corrected chi connectivity index (χ1v) is 4.67. The molecule has 13 heavy (non-hydrogen) atoms. The summed E-state index contributed by atoms with van der Waals surface area (Å²) in [6, 6.07) is 0. The first-order chi connectivity index (χ1) is 6.13. The van der Waals surface area contributed by atoms with Gasteiger partial charge in [-0.25, -0.2) is 0 Å². The van der Waals surface area contributed by atoms with E-state index in [1.165, 1.54) is 0 Å². The third-order valence-corrected chi connectivity index (χ3v) is 2.03. The van der Waals surface area contributed by atoms with Crippen molar-refractivity contribution in [3.63, 3.8) is 0 Å². The van der Waals surface area contributed by atoms with Crippen LogP contribution < -0.4 is 0 Å². The molecule has 0 aliphatic carbocycles. The van der Waals surface area contributed by atoms with Gasteiger partial charge in [0.2, 0.25) is 0 Å². The van der Waals surface area contributed by atoms with E-state index in [2.05, 4.69) is 5.10 Å². The van der Waals surface area contributed by atoms with Crippen LogP contribution in [-0.4, -0.2) is 15.6 Å². The summed E-state index contributed by atoms with van der Waals surface area (Å²) in [6.07, 6.45) is 4.21. The van der Waals surface area contributed by atoms with Gasteiger partial charge in [0, 0.05) is 25.1 Å². The molecule has 0 radical (unpaired) electrons. The Morgan fingerprint density at radius 2 is 2.31 bits per heavy atom. The second-order valence-electron chi connectivity index (χ2n) is 3.50. The predicted octanol–water partition coefficient (Wildman–Crippen LogP) is 1.67. The van der Waals surface area contributed by atoms with Crippen LogP contribution in [0.2, 0.25) is 0 Å². The van der Waals surface area contributed by atoms with Crippen LogP contribution in [0.5, 0.6) is 0 Å². The number of carbonyl (C=O) groups is 1. The van der Waals surface area contributed by atoms with E-state index in [0.29, 0.717) is 6.42 Å². The maximum absolute atomic E-state index is 11.4. The van der Waals surface area contributed by atoms with Crippen molar-refractivity contribution < 1.29 is 4.79 Å². The fourth-order valence-electron chi connectivity index (χ4n) is 1.08. The average molecular weight is 180 g/mol. The molecule has 3 nitrogen and oxygen atoms in total. The van der Waals surface area contributed by atoms with Crippen molar-refractivity contribution >= 4 is 5.78 Å². The van der Waals surface area contributed by atoms with Gasteiger partial charge < -0.3 is 0 Å². The lowest BCUT2D eigenvalue weighted by Gasteiger charge is -2.00. The van der Waals surface area contributed by atoms with E-state index in [9.17, 15) is 4.79 Å². The highest BCUT2D eigenvalue weighted by Crippen LogP contribution is 2.04. The van der Waals surface area contributed by atoms with Crippen molar-refractivity contribution in [3.8, 4) is 0 Å². The number of aromatic nitrogens is 2. The molecule has 72 valence electrons. The number of ketones is 1. The summed E-state index contributed by atoms with van der Waals surface area (Å²) in [5.74, 6) is 0.389. The molecule has 0 aliphatic heterocycles. The highest BCUT2D eigenvalue weighted by Gasteiger charge is 2.09. The Morgan fingerprint density at radius 1 is 1.62 bits per heavy atom. The Bertz CT molecular complexity index is 289. The highest BCUT2D eigenvalue weighted by atomic mass is 16.1. The molecular weight excluding hydrogens is 164 g/mol. The predicted molar refractivity (Wildman–Crippen MR) is 51.5 cm³/mol. The molecule has 0 aliphatic rings. The third-order valence-electron chi connectivity index (χ3n) is 2.03. The van der Waals surface area contributed by atoms with Crippen LogP contribution in [0.25, 0.3) is 0 Å². The average Bonchev–Trinajstić information content (AvgIpc) is 2.52. The molecule has 0 spiro atoms. The van der Waals surface area contributed by atoms with E-state index in [-0.39, 0.29) is 11.7 Å². The molecule has 3 heteroatoms. The molecule has 0 bridgehead atoms. The highest BCUT2D eigenvalue weighted by molar-refractivity contribution is 5.82. The molecule has 1 aromatic rings. The Balaban J connectivity index is 2.59. The third kappa shape index (κ3) is 2.68. The van der Waals surface area contributed by atoms with Crippen LogP contribution in [0, 0.1) is 5.92 Å². The van der Waals surface area contributed by atoms with Crippen LogP contribution >= 0.6 is 0 Å². The monoisotopic (exact) mass is 180 g/mol. The Hall–Kier alpha value is -1.12. The zero-order chi connectivity index (χ0) is 9.84. The molecule has 0 unspecified atom stereocenters. The quantitative estimate of drug-likeness (QED) is 0.706. The topological polar surface area (TPSA) is 34.9 Å². The van der Waals surface area contributed by atoms with Gasteiger partial charge in [-0.2, -0.15) is 5.10 Å².